The zero-order valence-corrected chi connectivity index (χ0v) is 28.5. The van der Waals surface area contributed by atoms with Gasteiger partial charge in [-0.05, 0) is 71.2 Å². The summed E-state index contributed by atoms with van der Waals surface area (Å²) in [4.78, 5) is 0. The van der Waals surface area contributed by atoms with Crippen LogP contribution in [0.3, 0.4) is 0 Å². The quantitative estimate of drug-likeness (QED) is 0.155. The summed E-state index contributed by atoms with van der Waals surface area (Å²) in [6.07, 6.45) is -2.27. The van der Waals surface area contributed by atoms with Gasteiger partial charge in [-0.2, -0.15) is 0 Å². The molecule has 3 rings (SSSR count). The molecule has 9 heteroatoms. The molecule has 0 saturated heterocycles. The van der Waals surface area contributed by atoms with Gasteiger partial charge in [-0.25, -0.2) is 0 Å². The van der Waals surface area contributed by atoms with Gasteiger partial charge in [-0.1, -0.05) is 57.2 Å². The van der Waals surface area contributed by atoms with Gasteiger partial charge in [-0.15, -0.1) is 0 Å². The highest BCUT2D eigenvalue weighted by molar-refractivity contribution is 6.74. The van der Waals surface area contributed by atoms with Gasteiger partial charge in [0.05, 0.1) is 54.4 Å². The lowest BCUT2D eigenvalue weighted by Crippen LogP contribution is -2.49. The predicted octanol–water partition coefficient (Wildman–Crippen LogP) is 6.78. The van der Waals surface area contributed by atoms with Gasteiger partial charge in [0.1, 0.15) is 35.6 Å². The van der Waals surface area contributed by atoms with Crippen LogP contribution in [0.5, 0.6) is 17.2 Å². The first-order valence-corrected chi connectivity index (χ1v) is 17.9. The van der Waals surface area contributed by atoms with Gasteiger partial charge in [0.25, 0.3) is 0 Å². The summed E-state index contributed by atoms with van der Waals surface area (Å²) in [5, 5.41) is 11.5. The van der Waals surface area contributed by atoms with Crippen LogP contribution in [0.1, 0.15) is 37.5 Å². The van der Waals surface area contributed by atoms with E-state index in [4.69, 9.17) is 32.8 Å². The fraction of sp³-hybridized carbons (Fsp3) is 0.486. The Morgan fingerprint density at radius 2 is 1.02 bits per heavy atom. The first kappa shape index (κ1) is 35.6. The summed E-state index contributed by atoms with van der Waals surface area (Å²) in [5.74, 6) is 2.32. The molecule has 0 aromatic heterocycles. The van der Waals surface area contributed by atoms with Crippen LogP contribution in [0.2, 0.25) is 18.1 Å². The fourth-order valence-electron chi connectivity index (χ4n) is 4.16. The number of rotatable bonds is 18. The van der Waals surface area contributed by atoms with E-state index in [2.05, 4.69) is 33.9 Å². The summed E-state index contributed by atoms with van der Waals surface area (Å²) in [6.45, 7) is 12.3. The van der Waals surface area contributed by atoms with E-state index in [1.54, 1.807) is 21.3 Å². The number of ether oxygens (including phenoxy) is 6. The van der Waals surface area contributed by atoms with Crippen LogP contribution in [-0.2, 0) is 38.5 Å². The van der Waals surface area contributed by atoms with Crippen molar-refractivity contribution >= 4 is 8.32 Å². The van der Waals surface area contributed by atoms with Gasteiger partial charge < -0.3 is 38.0 Å². The number of hydrogen-bond donors (Lipinski definition) is 1. The molecule has 0 saturated carbocycles. The highest BCUT2D eigenvalue weighted by Crippen LogP contribution is 2.37. The average molecular weight is 627 g/mol. The van der Waals surface area contributed by atoms with E-state index >= 15 is 0 Å². The fourth-order valence-corrected chi connectivity index (χ4v) is 5.18. The van der Waals surface area contributed by atoms with Crippen molar-refractivity contribution in [3.63, 3.8) is 0 Å². The minimum Gasteiger partial charge on any atom is -0.497 e. The molecule has 0 amide bonds. The smallest absolute Gasteiger partial charge is 0.192 e. The Morgan fingerprint density at radius 3 is 1.43 bits per heavy atom. The topological polar surface area (TPSA) is 84.8 Å². The molecule has 0 bridgehead atoms. The van der Waals surface area contributed by atoms with Crippen molar-refractivity contribution in [1.29, 1.82) is 0 Å². The van der Waals surface area contributed by atoms with Crippen LogP contribution >= 0.6 is 0 Å². The lowest BCUT2D eigenvalue weighted by atomic mass is 10.1. The lowest BCUT2D eigenvalue weighted by molar-refractivity contribution is -0.156. The third kappa shape index (κ3) is 10.9. The molecule has 8 nitrogen and oxygen atoms in total. The first-order chi connectivity index (χ1) is 21.0. The van der Waals surface area contributed by atoms with E-state index in [0.717, 1.165) is 33.9 Å². The van der Waals surface area contributed by atoms with Crippen LogP contribution in [0.15, 0.2) is 72.8 Å². The Hall–Kier alpha value is -2.92. The maximum absolute atomic E-state index is 11.5. The zero-order valence-electron chi connectivity index (χ0n) is 27.5. The van der Waals surface area contributed by atoms with E-state index < -0.39 is 26.6 Å². The summed E-state index contributed by atoms with van der Waals surface area (Å²) in [7, 11) is 2.78. The molecule has 0 heterocycles. The van der Waals surface area contributed by atoms with E-state index in [1.165, 1.54) is 0 Å². The Bertz CT molecular complexity index is 1220. The number of methoxy groups -OCH3 is 3. The van der Waals surface area contributed by atoms with Gasteiger partial charge in [0.2, 0.25) is 0 Å². The molecular formula is C35H50O8Si. The maximum Gasteiger partial charge on any atom is 0.192 e. The molecule has 0 spiro atoms. The van der Waals surface area contributed by atoms with Crippen molar-refractivity contribution in [2.45, 2.75) is 77.0 Å². The third-order valence-electron chi connectivity index (χ3n) is 8.10. The molecule has 242 valence electrons. The van der Waals surface area contributed by atoms with Crippen LogP contribution in [0, 0.1) is 0 Å². The van der Waals surface area contributed by atoms with Crippen LogP contribution in [-0.4, -0.2) is 66.3 Å². The third-order valence-corrected chi connectivity index (χ3v) is 12.6. The Kier molecular flexibility index (Phi) is 13.7. The summed E-state index contributed by atoms with van der Waals surface area (Å²) in [6, 6.07) is 23.1. The monoisotopic (exact) mass is 626 g/mol. The Balaban J connectivity index is 1.81. The van der Waals surface area contributed by atoms with Crippen molar-refractivity contribution < 1.29 is 38.0 Å². The van der Waals surface area contributed by atoms with Crippen molar-refractivity contribution in [2.24, 2.45) is 0 Å². The second kappa shape index (κ2) is 17.0. The normalized spacial score (nSPS) is 14.1. The lowest BCUT2D eigenvalue weighted by Gasteiger charge is -2.39. The highest BCUT2D eigenvalue weighted by atomic mass is 28.4. The SMILES string of the molecule is COc1ccc(COC[C@@H](O)[C@@H](OCc2ccc(OC)cc2)[C@H](CO[Si](C)(C)C(C)(C)C)OCc2ccc(OC)cc2)cc1. The van der Waals surface area contributed by atoms with Gasteiger partial charge >= 0.3 is 0 Å². The van der Waals surface area contributed by atoms with Crippen LogP contribution < -0.4 is 14.2 Å². The minimum absolute atomic E-state index is 0.00702. The van der Waals surface area contributed by atoms with E-state index in [0.29, 0.717) is 13.2 Å². The number of hydrogen-bond acceptors (Lipinski definition) is 8. The molecular weight excluding hydrogens is 576 g/mol. The van der Waals surface area contributed by atoms with Crippen molar-refractivity contribution in [2.75, 3.05) is 34.5 Å². The molecule has 0 unspecified atom stereocenters. The Morgan fingerprint density at radius 1 is 0.614 bits per heavy atom. The average Bonchev–Trinajstić information content (AvgIpc) is 3.02. The molecule has 3 atom stereocenters. The maximum atomic E-state index is 11.5. The van der Waals surface area contributed by atoms with Crippen molar-refractivity contribution in [1.82, 2.24) is 0 Å². The van der Waals surface area contributed by atoms with Gasteiger partial charge in [0.15, 0.2) is 8.32 Å². The second-order valence-corrected chi connectivity index (χ2v) is 17.1. The molecule has 3 aromatic rings. The number of aliphatic hydroxyl groups excluding tert-OH is 1. The molecule has 0 aliphatic carbocycles. The largest absolute Gasteiger partial charge is 0.497 e. The number of benzene rings is 3. The molecule has 3 aromatic carbocycles. The first-order valence-electron chi connectivity index (χ1n) is 15.0. The highest BCUT2D eigenvalue weighted by Gasteiger charge is 2.39. The summed E-state index contributed by atoms with van der Waals surface area (Å²) < 4.78 is 41.4. The van der Waals surface area contributed by atoms with Crippen molar-refractivity contribution in [3.8, 4) is 17.2 Å². The molecule has 0 aliphatic rings. The molecule has 0 fully saturated rings. The molecule has 0 radical (unpaired) electrons. The van der Waals surface area contributed by atoms with Crippen LogP contribution in [0.25, 0.3) is 0 Å². The second-order valence-electron chi connectivity index (χ2n) is 12.3. The van der Waals surface area contributed by atoms with Crippen molar-refractivity contribution in [3.05, 3.63) is 89.5 Å². The zero-order chi connectivity index (χ0) is 32.2. The molecule has 44 heavy (non-hydrogen) atoms. The molecule has 0 aliphatic heterocycles. The summed E-state index contributed by atoms with van der Waals surface area (Å²) >= 11 is 0. The molecule has 1 N–H and O–H groups in total. The van der Waals surface area contributed by atoms with E-state index in [-0.39, 0.29) is 24.9 Å². The standard InChI is InChI=1S/C35H50O8Si/c1-35(2,3)44(7,8)43-25-33(41-22-27-11-17-30(38-5)18-12-27)34(42-23-28-13-19-31(39-6)20-14-28)32(36)24-40-21-26-9-15-29(37-4)16-10-26/h9-20,32-34,36H,21-25H2,1-8H3/t32-,33+,34-/m1/s1. The van der Waals surface area contributed by atoms with Gasteiger partial charge in [-0.3, -0.25) is 0 Å². The van der Waals surface area contributed by atoms with E-state index in [1.807, 2.05) is 72.8 Å². The Labute approximate surface area is 264 Å². The summed E-state index contributed by atoms with van der Waals surface area (Å²) in [5.41, 5.74) is 2.89. The van der Waals surface area contributed by atoms with Crippen LogP contribution in [0.4, 0.5) is 0 Å². The minimum atomic E-state index is -2.13. The number of aliphatic hydroxyl groups is 1. The van der Waals surface area contributed by atoms with Gasteiger partial charge in [0, 0.05) is 0 Å². The van der Waals surface area contributed by atoms with E-state index in [9.17, 15) is 5.11 Å². The predicted molar refractivity (Wildman–Crippen MR) is 175 cm³/mol.